The van der Waals surface area contributed by atoms with Gasteiger partial charge in [-0.3, -0.25) is 0 Å². The van der Waals surface area contributed by atoms with Crippen LogP contribution in [0.4, 0.5) is 0 Å². The number of fused-ring (bicyclic) bond motifs is 6. The van der Waals surface area contributed by atoms with Crippen molar-refractivity contribution in [2.45, 2.75) is 0 Å². The van der Waals surface area contributed by atoms with E-state index >= 15 is 0 Å². The molecule has 12 rings (SSSR count). The lowest BCUT2D eigenvalue weighted by atomic mass is 9.96. The summed E-state index contributed by atoms with van der Waals surface area (Å²) in [4.78, 5) is 10.4. The predicted octanol–water partition coefficient (Wildman–Crippen LogP) is 14.8. The Kier molecular flexibility index (Phi) is 8.42. The Labute approximate surface area is 357 Å². The van der Waals surface area contributed by atoms with E-state index in [4.69, 9.17) is 19.5 Å². The van der Waals surface area contributed by atoms with Crippen molar-refractivity contribution in [1.29, 1.82) is 0 Å². The van der Waals surface area contributed by atoms with Crippen LogP contribution in [0.3, 0.4) is 0 Å². The first-order valence-corrected chi connectivity index (χ1v) is 20.8. The molecule has 62 heavy (non-hydrogen) atoms. The van der Waals surface area contributed by atoms with Crippen molar-refractivity contribution in [3.8, 4) is 78.7 Å². The quantitative estimate of drug-likeness (QED) is 0.161. The molecule has 0 aliphatic carbocycles. The SMILES string of the molecule is c1ccc(-c2cc(-c3cccc(-c4cc5ccccc5c5c(-c6ccccc6)c(-c6ccccc6)nn45)c3)nc(-c3ccc(-c4ccc5oc6ccccc6c5c4)cc3)n2)cc1. The molecule has 0 aliphatic heterocycles. The first-order chi connectivity index (χ1) is 30.7. The number of nitrogens with zero attached hydrogens (tertiary/aromatic N) is 4. The summed E-state index contributed by atoms with van der Waals surface area (Å²) in [6, 6.07) is 76.2. The van der Waals surface area contributed by atoms with Crippen LogP contribution in [0.25, 0.3) is 117 Å². The third-order valence-electron chi connectivity index (χ3n) is 11.8. The average Bonchev–Trinajstić information content (AvgIpc) is 3.94. The largest absolute Gasteiger partial charge is 0.456 e. The normalized spacial score (nSPS) is 11.5. The van der Waals surface area contributed by atoms with E-state index in [9.17, 15) is 0 Å². The summed E-state index contributed by atoms with van der Waals surface area (Å²) in [6.07, 6.45) is 0. The van der Waals surface area contributed by atoms with Crippen molar-refractivity contribution in [2.24, 2.45) is 0 Å². The van der Waals surface area contributed by atoms with E-state index in [0.717, 1.165) is 111 Å². The highest BCUT2D eigenvalue weighted by Crippen LogP contribution is 2.41. The van der Waals surface area contributed by atoms with Gasteiger partial charge in [0.25, 0.3) is 0 Å². The molecule has 0 unspecified atom stereocenters. The van der Waals surface area contributed by atoms with Crippen LogP contribution in [0.2, 0.25) is 0 Å². The van der Waals surface area contributed by atoms with E-state index in [2.05, 4.69) is 205 Å². The maximum atomic E-state index is 6.10. The number of benzene rings is 8. The number of aromatic nitrogens is 4. The van der Waals surface area contributed by atoms with Crippen LogP contribution in [0.5, 0.6) is 0 Å². The van der Waals surface area contributed by atoms with Gasteiger partial charge in [0.2, 0.25) is 0 Å². The van der Waals surface area contributed by atoms with Gasteiger partial charge in [-0.1, -0.05) is 182 Å². The fraction of sp³-hybridized carbons (Fsp3) is 0. The van der Waals surface area contributed by atoms with Gasteiger partial charge < -0.3 is 4.42 Å². The van der Waals surface area contributed by atoms with Crippen LogP contribution in [0.15, 0.2) is 223 Å². The zero-order valence-corrected chi connectivity index (χ0v) is 33.5. The van der Waals surface area contributed by atoms with Crippen molar-refractivity contribution in [2.75, 3.05) is 0 Å². The summed E-state index contributed by atoms with van der Waals surface area (Å²) in [6.45, 7) is 0. The fourth-order valence-electron chi connectivity index (χ4n) is 8.81. The van der Waals surface area contributed by atoms with Gasteiger partial charge in [0.05, 0.1) is 22.6 Å². The minimum atomic E-state index is 0.662. The van der Waals surface area contributed by atoms with Crippen molar-refractivity contribution < 1.29 is 4.42 Å². The van der Waals surface area contributed by atoms with E-state index in [0.29, 0.717) is 5.82 Å². The topological polar surface area (TPSA) is 56.2 Å². The molecule has 12 aromatic rings. The minimum Gasteiger partial charge on any atom is -0.456 e. The number of rotatable bonds is 7. The smallest absolute Gasteiger partial charge is 0.160 e. The Balaban J connectivity index is 0.995. The number of hydrogen-bond acceptors (Lipinski definition) is 4. The molecule has 0 atom stereocenters. The minimum absolute atomic E-state index is 0.662. The van der Waals surface area contributed by atoms with Gasteiger partial charge in [0.15, 0.2) is 5.82 Å². The monoisotopic (exact) mass is 792 g/mol. The highest BCUT2D eigenvalue weighted by Gasteiger charge is 2.22. The molecular formula is C57H36N4O. The lowest BCUT2D eigenvalue weighted by Gasteiger charge is -2.13. The number of hydrogen-bond donors (Lipinski definition) is 0. The molecule has 4 aromatic heterocycles. The van der Waals surface area contributed by atoms with Gasteiger partial charge in [-0.25, -0.2) is 14.5 Å². The molecule has 5 nitrogen and oxygen atoms in total. The molecule has 0 spiro atoms. The van der Waals surface area contributed by atoms with Gasteiger partial charge in [-0.15, -0.1) is 0 Å². The van der Waals surface area contributed by atoms with Gasteiger partial charge in [-0.05, 0) is 58.5 Å². The van der Waals surface area contributed by atoms with Gasteiger partial charge in [0, 0.05) is 49.5 Å². The van der Waals surface area contributed by atoms with Crippen molar-refractivity contribution in [3.63, 3.8) is 0 Å². The third-order valence-corrected chi connectivity index (χ3v) is 11.8. The number of furan rings is 1. The van der Waals surface area contributed by atoms with Crippen molar-refractivity contribution in [3.05, 3.63) is 218 Å². The second kappa shape index (κ2) is 14.7. The molecule has 4 heterocycles. The van der Waals surface area contributed by atoms with Gasteiger partial charge in [-0.2, -0.15) is 5.10 Å². The van der Waals surface area contributed by atoms with E-state index < -0.39 is 0 Å². The molecule has 0 radical (unpaired) electrons. The molecule has 0 N–H and O–H groups in total. The zero-order chi connectivity index (χ0) is 41.0. The lowest BCUT2D eigenvalue weighted by molar-refractivity contribution is 0.669. The molecule has 0 fully saturated rings. The lowest BCUT2D eigenvalue weighted by Crippen LogP contribution is -1.98. The summed E-state index contributed by atoms with van der Waals surface area (Å²) in [5, 5.41) is 9.96. The zero-order valence-electron chi connectivity index (χ0n) is 33.5. The van der Waals surface area contributed by atoms with Gasteiger partial charge in [0.1, 0.15) is 16.9 Å². The van der Waals surface area contributed by atoms with E-state index in [-0.39, 0.29) is 0 Å². The Bertz CT molecular complexity index is 3610. The van der Waals surface area contributed by atoms with Crippen molar-refractivity contribution >= 4 is 38.2 Å². The highest BCUT2D eigenvalue weighted by atomic mass is 16.3. The molecule has 0 amide bonds. The highest BCUT2D eigenvalue weighted by molar-refractivity contribution is 6.09. The first kappa shape index (κ1) is 35.5. The van der Waals surface area contributed by atoms with E-state index in [1.807, 2.05) is 18.2 Å². The summed E-state index contributed by atoms with van der Waals surface area (Å²) in [5.74, 6) is 0.662. The average molecular weight is 793 g/mol. The molecule has 0 aliphatic rings. The second-order valence-electron chi connectivity index (χ2n) is 15.6. The second-order valence-corrected chi connectivity index (χ2v) is 15.6. The molecule has 5 heteroatoms. The Hall–Kier alpha value is -8.41. The Morgan fingerprint density at radius 1 is 0.355 bits per heavy atom. The van der Waals surface area contributed by atoms with Crippen LogP contribution in [0, 0.1) is 0 Å². The molecular weight excluding hydrogens is 757 g/mol. The van der Waals surface area contributed by atoms with Crippen molar-refractivity contribution in [1.82, 2.24) is 19.6 Å². The predicted molar refractivity (Wildman–Crippen MR) is 254 cm³/mol. The molecule has 8 aromatic carbocycles. The third kappa shape index (κ3) is 6.14. The van der Waals surface area contributed by atoms with Crippen LogP contribution in [-0.2, 0) is 0 Å². The van der Waals surface area contributed by atoms with Crippen LogP contribution >= 0.6 is 0 Å². The molecule has 290 valence electrons. The number of para-hydroxylation sites is 1. The maximum Gasteiger partial charge on any atom is 0.160 e. The van der Waals surface area contributed by atoms with Gasteiger partial charge >= 0.3 is 0 Å². The maximum absolute atomic E-state index is 6.10. The molecule has 0 saturated carbocycles. The fourth-order valence-corrected chi connectivity index (χ4v) is 8.81. The van der Waals surface area contributed by atoms with E-state index in [1.54, 1.807) is 0 Å². The van der Waals surface area contributed by atoms with E-state index in [1.165, 1.54) is 0 Å². The molecule has 0 saturated heterocycles. The number of pyridine rings is 1. The first-order valence-electron chi connectivity index (χ1n) is 20.8. The summed E-state index contributed by atoms with van der Waals surface area (Å²) >= 11 is 0. The molecule has 0 bridgehead atoms. The standard InChI is InChI=1S/C57H36N4O/c1-4-15-38(16-5-1)49-36-50(59-57(58-49)41-29-27-37(28-30-41)42-31-32-53-48(34-42)47-25-12-13-26-52(47)62-53)44-22-14-23-45(33-44)51-35-43-21-10-11-24-46(43)56-54(39-17-6-2-7-18-39)55(60-61(51)56)40-19-8-3-9-20-40/h1-36H. The summed E-state index contributed by atoms with van der Waals surface area (Å²) in [5.41, 5.74) is 16.0. The Morgan fingerprint density at radius 2 is 0.935 bits per heavy atom. The summed E-state index contributed by atoms with van der Waals surface area (Å²) < 4.78 is 8.24. The Morgan fingerprint density at radius 3 is 1.71 bits per heavy atom. The summed E-state index contributed by atoms with van der Waals surface area (Å²) in [7, 11) is 0. The van der Waals surface area contributed by atoms with Crippen LogP contribution < -0.4 is 0 Å². The van der Waals surface area contributed by atoms with Crippen LogP contribution in [0.1, 0.15) is 0 Å². The van der Waals surface area contributed by atoms with Crippen LogP contribution in [-0.4, -0.2) is 19.6 Å².